The summed E-state index contributed by atoms with van der Waals surface area (Å²) in [6, 6.07) is 4.52. The fraction of sp³-hybridized carbons (Fsp3) is 0.364. The number of hydrogen-bond acceptors (Lipinski definition) is 4. The van der Waals surface area contributed by atoms with E-state index in [1.54, 1.807) is 25.1 Å². The van der Waals surface area contributed by atoms with Gasteiger partial charge in [0.1, 0.15) is 0 Å². The first kappa shape index (κ1) is 13.2. The van der Waals surface area contributed by atoms with Gasteiger partial charge in [0.2, 0.25) is 0 Å². The van der Waals surface area contributed by atoms with Crippen LogP contribution >= 0.6 is 0 Å². The van der Waals surface area contributed by atoms with E-state index in [1.807, 2.05) is 0 Å². The molecule has 1 rings (SSSR count). The average Bonchev–Trinajstić information content (AvgIpc) is 2.25. The van der Waals surface area contributed by atoms with Crippen LogP contribution in [0.2, 0.25) is 0 Å². The maximum atomic E-state index is 11.9. The molecular weight excluding hydrogens is 230 g/mol. The van der Waals surface area contributed by atoms with Crippen molar-refractivity contribution in [3.8, 4) is 0 Å². The van der Waals surface area contributed by atoms with Gasteiger partial charge in [-0.1, -0.05) is 0 Å². The summed E-state index contributed by atoms with van der Waals surface area (Å²) in [6.45, 7) is -0.909. The van der Waals surface area contributed by atoms with E-state index in [4.69, 9.17) is 5.73 Å². The lowest BCUT2D eigenvalue weighted by Gasteiger charge is -2.15. The van der Waals surface area contributed by atoms with Gasteiger partial charge < -0.3 is 15.4 Å². The molecule has 94 valence electrons. The van der Waals surface area contributed by atoms with Gasteiger partial charge in [-0.2, -0.15) is 0 Å². The second-order valence-electron chi connectivity index (χ2n) is 3.66. The van der Waals surface area contributed by atoms with Crippen LogP contribution in [0.15, 0.2) is 18.2 Å². The SMILES string of the molecule is CN(C)c1ccc(C(=O)OCC(F)F)cc1N. The normalized spacial score (nSPS) is 10.4. The molecule has 4 nitrogen and oxygen atoms in total. The van der Waals surface area contributed by atoms with E-state index in [2.05, 4.69) is 4.74 Å². The van der Waals surface area contributed by atoms with Gasteiger partial charge in [0.15, 0.2) is 6.61 Å². The molecule has 0 spiro atoms. The van der Waals surface area contributed by atoms with Gasteiger partial charge in [-0.05, 0) is 18.2 Å². The molecule has 0 atom stereocenters. The number of carbonyl (C=O) groups is 1. The Kier molecular flexibility index (Phi) is 4.25. The molecule has 0 aliphatic carbocycles. The van der Waals surface area contributed by atoms with E-state index >= 15 is 0 Å². The van der Waals surface area contributed by atoms with Crippen LogP contribution in [0.1, 0.15) is 10.4 Å². The Bertz CT molecular complexity index is 408. The number of nitrogens with zero attached hydrogens (tertiary/aromatic N) is 1. The molecule has 1 aromatic rings. The van der Waals surface area contributed by atoms with Crippen LogP contribution in [0.4, 0.5) is 20.2 Å². The first-order valence-electron chi connectivity index (χ1n) is 4.94. The van der Waals surface area contributed by atoms with Crippen LogP contribution in [-0.2, 0) is 4.74 Å². The number of benzene rings is 1. The molecule has 17 heavy (non-hydrogen) atoms. The zero-order chi connectivity index (χ0) is 13.0. The maximum Gasteiger partial charge on any atom is 0.338 e. The van der Waals surface area contributed by atoms with Crippen LogP contribution in [-0.4, -0.2) is 33.1 Å². The monoisotopic (exact) mass is 244 g/mol. The molecule has 0 aromatic heterocycles. The van der Waals surface area contributed by atoms with Crippen LogP contribution < -0.4 is 10.6 Å². The summed E-state index contributed by atoms with van der Waals surface area (Å²) in [4.78, 5) is 13.1. The summed E-state index contributed by atoms with van der Waals surface area (Å²) in [7, 11) is 3.61. The summed E-state index contributed by atoms with van der Waals surface area (Å²) >= 11 is 0. The molecule has 1 aromatic carbocycles. The molecule has 0 amide bonds. The van der Waals surface area contributed by atoms with Crippen LogP contribution in [0.5, 0.6) is 0 Å². The summed E-state index contributed by atoms with van der Waals surface area (Å²) in [5.74, 6) is -0.803. The Morgan fingerprint density at radius 2 is 2.12 bits per heavy atom. The standard InChI is InChI=1S/C11H14F2N2O2/c1-15(2)9-4-3-7(5-8(9)14)11(16)17-6-10(12)13/h3-5,10H,6,14H2,1-2H3. The number of ether oxygens (including phenoxy) is 1. The molecule has 2 N–H and O–H groups in total. The number of alkyl halides is 2. The molecule has 0 bridgehead atoms. The highest BCUT2D eigenvalue weighted by atomic mass is 19.3. The van der Waals surface area contributed by atoms with Gasteiger partial charge in [0, 0.05) is 14.1 Å². The maximum absolute atomic E-state index is 11.9. The number of nitrogen functional groups attached to an aromatic ring is 1. The number of halogens is 2. The quantitative estimate of drug-likeness (QED) is 0.647. The Hall–Kier alpha value is -1.85. The van der Waals surface area contributed by atoms with Crippen molar-refractivity contribution in [2.45, 2.75) is 6.43 Å². The summed E-state index contributed by atoms with van der Waals surface area (Å²) in [5, 5.41) is 0. The van der Waals surface area contributed by atoms with E-state index in [-0.39, 0.29) is 5.56 Å². The van der Waals surface area contributed by atoms with Gasteiger partial charge in [-0.25, -0.2) is 13.6 Å². The molecule has 0 fully saturated rings. The number of carbonyl (C=O) groups excluding carboxylic acids is 1. The van der Waals surface area contributed by atoms with E-state index in [9.17, 15) is 13.6 Å². The first-order valence-corrected chi connectivity index (χ1v) is 4.94. The lowest BCUT2D eigenvalue weighted by molar-refractivity contribution is 0.0160. The lowest BCUT2D eigenvalue weighted by atomic mass is 10.1. The Morgan fingerprint density at radius 1 is 1.47 bits per heavy atom. The molecule has 0 unspecified atom stereocenters. The third-order valence-electron chi connectivity index (χ3n) is 2.09. The molecule has 0 heterocycles. The van der Waals surface area contributed by atoms with Crippen molar-refractivity contribution in [2.24, 2.45) is 0 Å². The first-order chi connectivity index (χ1) is 7.91. The van der Waals surface area contributed by atoms with Gasteiger partial charge in [0.05, 0.1) is 16.9 Å². The molecule has 0 radical (unpaired) electrons. The van der Waals surface area contributed by atoms with E-state index in [1.165, 1.54) is 12.1 Å². The topological polar surface area (TPSA) is 55.6 Å². The zero-order valence-electron chi connectivity index (χ0n) is 9.61. The number of esters is 1. The minimum atomic E-state index is -2.67. The summed E-state index contributed by atoms with van der Waals surface area (Å²) in [5.41, 5.74) is 7.02. The number of nitrogens with two attached hydrogens (primary N) is 1. The number of rotatable bonds is 4. The average molecular weight is 244 g/mol. The predicted octanol–water partition coefficient (Wildman–Crippen LogP) is 1.76. The largest absolute Gasteiger partial charge is 0.456 e. The minimum Gasteiger partial charge on any atom is -0.456 e. The number of anilines is 2. The van der Waals surface area contributed by atoms with Gasteiger partial charge >= 0.3 is 5.97 Å². The fourth-order valence-corrected chi connectivity index (χ4v) is 1.31. The lowest BCUT2D eigenvalue weighted by Crippen LogP contribution is -2.14. The second kappa shape index (κ2) is 5.47. The minimum absolute atomic E-state index is 0.161. The van der Waals surface area contributed by atoms with E-state index < -0.39 is 19.0 Å². The van der Waals surface area contributed by atoms with Gasteiger partial charge in [0.25, 0.3) is 6.43 Å². The van der Waals surface area contributed by atoms with E-state index in [0.717, 1.165) is 5.69 Å². The molecule has 6 heteroatoms. The molecule has 0 aliphatic heterocycles. The van der Waals surface area contributed by atoms with Crippen LogP contribution in [0.25, 0.3) is 0 Å². The Balaban J connectivity index is 2.79. The second-order valence-corrected chi connectivity index (χ2v) is 3.66. The molecular formula is C11H14F2N2O2. The highest BCUT2D eigenvalue weighted by Gasteiger charge is 2.12. The fourth-order valence-electron chi connectivity index (χ4n) is 1.31. The number of hydrogen-bond donors (Lipinski definition) is 1. The third-order valence-corrected chi connectivity index (χ3v) is 2.09. The predicted molar refractivity (Wildman–Crippen MR) is 61.5 cm³/mol. The van der Waals surface area contributed by atoms with Gasteiger partial charge in [-0.3, -0.25) is 0 Å². The highest BCUT2D eigenvalue weighted by molar-refractivity contribution is 5.92. The molecule has 0 saturated carbocycles. The van der Waals surface area contributed by atoms with Gasteiger partial charge in [-0.15, -0.1) is 0 Å². The van der Waals surface area contributed by atoms with Crippen molar-refractivity contribution in [1.29, 1.82) is 0 Å². The summed E-state index contributed by atoms with van der Waals surface area (Å²) < 4.78 is 28.1. The van der Waals surface area contributed by atoms with Crippen molar-refractivity contribution in [1.82, 2.24) is 0 Å². The van der Waals surface area contributed by atoms with Crippen molar-refractivity contribution in [3.05, 3.63) is 23.8 Å². The smallest absolute Gasteiger partial charge is 0.338 e. The van der Waals surface area contributed by atoms with E-state index in [0.29, 0.717) is 5.69 Å². The van der Waals surface area contributed by atoms with Crippen molar-refractivity contribution < 1.29 is 18.3 Å². The van der Waals surface area contributed by atoms with Crippen molar-refractivity contribution in [2.75, 3.05) is 31.3 Å². The van der Waals surface area contributed by atoms with Crippen molar-refractivity contribution in [3.63, 3.8) is 0 Å². The Morgan fingerprint density at radius 3 is 2.59 bits per heavy atom. The highest BCUT2D eigenvalue weighted by Crippen LogP contribution is 2.22. The van der Waals surface area contributed by atoms with Crippen molar-refractivity contribution >= 4 is 17.3 Å². The Labute approximate surface area is 98.0 Å². The molecule has 0 aliphatic rings. The van der Waals surface area contributed by atoms with Crippen LogP contribution in [0.3, 0.4) is 0 Å². The molecule has 0 saturated heterocycles. The zero-order valence-corrected chi connectivity index (χ0v) is 9.61. The van der Waals surface area contributed by atoms with Crippen LogP contribution in [0, 0.1) is 0 Å². The summed E-state index contributed by atoms with van der Waals surface area (Å²) in [6.07, 6.45) is -2.67. The third kappa shape index (κ3) is 3.58.